The number of benzene rings is 1. The van der Waals surface area contributed by atoms with Crippen LogP contribution in [-0.2, 0) is 6.54 Å². The second kappa shape index (κ2) is 6.63. The first-order valence-electron chi connectivity index (χ1n) is 6.22. The summed E-state index contributed by atoms with van der Waals surface area (Å²) in [7, 11) is 4.02. The predicted octanol–water partition coefficient (Wildman–Crippen LogP) is 3.16. The highest BCUT2D eigenvalue weighted by Crippen LogP contribution is 2.17. The summed E-state index contributed by atoms with van der Waals surface area (Å²) in [6.07, 6.45) is 1.60. The number of rotatable bonds is 4. The maximum atomic E-state index is 12.2. The second-order valence-electron chi connectivity index (χ2n) is 4.73. The summed E-state index contributed by atoms with van der Waals surface area (Å²) in [6, 6.07) is 11.4. The van der Waals surface area contributed by atoms with Crippen LogP contribution >= 0.6 is 15.9 Å². The molecule has 0 aliphatic carbocycles. The molecule has 1 aromatic carbocycles. The van der Waals surface area contributed by atoms with Crippen molar-refractivity contribution in [1.29, 1.82) is 0 Å². The average molecular weight is 334 g/mol. The summed E-state index contributed by atoms with van der Waals surface area (Å²) in [5, 5.41) is 2.86. The Morgan fingerprint density at radius 3 is 2.80 bits per heavy atom. The molecule has 0 spiro atoms. The SMILES string of the molecule is CN(C)Cc1cccc(NC(=O)c2ncccc2Br)c1. The lowest BCUT2D eigenvalue weighted by molar-refractivity contribution is 0.102. The molecule has 0 aliphatic heterocycles. The summed E-state index contributed by atoms with van der Waals surface area (Å²) in [5.41, 5.74) is 2.30. The Kier molecular flexibility index (Phi) is 4.87. The summed E-state index contributed by atoms with van der Waals surface area (Å²) in [4.78, 5) is 18.3. The summed E-state index contributed by atoms with van der Waals surface area (Å²) < 4.78 is 0.682. The minimum Gasteiger partial charge on any atom is -0.321 e. The third kappa shape index (κ3) is 3.88. The molecule has 0 saturated heterocycles. The summed E-state index contributed by atoms with van der Waals surface area (Å²) >= 11 is 3.33. The number of hydrogen-bond donors (Lipinski definition) is 1. The van der Waals surface area contributed by atoms with E-state index in [9.17, 15) is 4.79 Å². The van der Waals surface area contributed by atoms with E-state index in [4.69, 9.17) is 0 Å². The van der Waals surface area contributed by atoms with E-state index >= 15 is 0 Å². The Bertz CT molecular complexity index is 614. The van der Waals surface area contributed by atoms with Gasteiger partial charge >= 0.3 is 0 Å². The van der Waals surface area contributed by atoms with Crippen LogP contribution in [0.3, 0.4) is 0 Å². The van der Waals surface area contributed by atoms with E-state index < -0.39 is 0 Å². The predicted molar refractivity (Wildman–Crippen MR) is 83.7 cm³/mol. The van der Waals surface area contributed by atoms with Gasteiger partial charge in [0.1, 0.15) is 5.69 Å². The number of anilines is 1. The fraction of sp³-hybridized carbons (Fsp3) is 0.200. The van der Waals surface area contributed by atoms with Crippen LogP contribution in [0.15, 0.2) is 47.1 Å². The van der Waals surface area contributed by atoms with Crippen LogP contribution in [0.25, 0.3) is 0 Å². The van der Waals surface area contributed by atoms with Crippen molar-refractivity contribution in [2.24, 2.45) is 0 Å². The first-order chi connectivity index (χ1) is 9.56. The fourth-order valence-electron chi connectivity index (χ4n) is 1.86. The van der Waals surface area contributed by atoms with Gasteiger partial charge in [0, 0.05) is 22.9 Å². The van der Waals surface area contributed by atoms with Crippen LogP contribution in [0.2, 0.25) is 0 Å². The van der Waals surface area contributed by atoms with Gasteiger partial charge in [0.25, 0.3) is 5.91 Å². The van der Waals surface area contributed by atoms with Gasteiger partial charge in [-0.15, -0.1) is 0 Å². The molecule has 1 aromatic heterocycles. The average Bonchev–Trinajstić information content (AvgIpc) is 2.38. The Hall–Kier alpha value is -1.72. The third-order valence-corrected chi connectivity index (χ3v) is 3.30. The van der Waals surface area contributed by atoms with Gasteiger partial charge in [-0.05, 0) is 59.9 Å². The van der Waals surface area contributed by atoms with E-state index in [1.54, 1.807) is 18.3 Å². The van der Waals surface area contributed by atoms with Crippen LogP contribution < -0.4 is 5.32 Å². The molecule has 0 saturated carbocycles. The van der Waals surface area contributed by atoms with Crippen molar-refractivity contribution in [3.8, 4) is 0 Å². The molecule has 0 bridgehead atoms. The Labute approximate surface area is 127 Å². The van der Waals surface area contributed by atoms with Gasteiger partial charge in [0.2, 0.25) is 0 Å². The van der Waals surface area contributed by atoms with E-state index in [0.29, 0.717) is 10.2 Å². The largest absolute Gasteiger partial charge is 0.321 e. The molecule has 0 radical (unpaired) electrons. The van der Waals surface area contributed by atoms with Gasteiger partial charge in [-0.3, -0.25) is 4.79 Å². The zero-order valence-corrected chi connectivity index (χ0v) is 13.0. The van der Waals surface area contributed by atoms with E-state index in [2.05, 4.69) is 31.1 Å². The lowest BCUT2D eigenvalue weighted by atomic mass is 10.2. The van der Waals surface area contributed by atoms with Crippen LogP contribution in [0.1, 0.15) is 16.1 Å². The number of halogens is 1. The standard InChI is InChI=1S/C15H16BrN3O/c1-19(2)10-11-5-3-6-12(9-11)18-15(20)14-13(16)7-4-8-17-14/h3-9H,10H2,1-2H3,(H,18,20). The maximum Gasteiger partial charge on any atom is 0.275 e. The monoisotopic (exact) mass is 333 g/mol. The van der Waals surface area contributed by atoms with Crippen LogP contribution in [0.4, 0.5) is 5.69 Å². The molecular formula is C15H16BrN3O. The zero-order valence-electron chi connectivity index (χ0n) is 11.4. The number of aromatic nitrogens is 1. The van der Waals surface area contributed by atoms with Crippen molar-refractivity contribution in [2.45, 2.75) is 6.54 Å². The molecule has 4 nitrogen and oxygen atoms in total. The van der Waals surface area contributed by atoms with Gasteiger partial charge in [-0.2, -0.15) is 0 Å². The zero-order chi connectivity index (χ0) is 14.5. The molecule has 0 unspecified atom stereocenters. The number of amides is 1. The number of hydrogen-bond acceptors (Lipinski definition) is 3. The van der Waals surface area contributed by atoms with Crippen molar-refractivity contribution in [3.63, 3.8) is 0 Å². The van der Waals surface area contributed by atoms with E-state index in [-0.39, 0.29) is 5.91 Å². The molecule has 0 atom stereocenters. The number of pyridine rings is 1. The van der Waals surface area contributed by atoms with Crippen LogP contribution in [-0.4, -0.2) is 29.9 Å². The Morgan fingerprint density at radius 1 is 1.30 bits per heavy atom. The molecule has 5 heteroatoms. The number of nitrogens with zero attached hydrogens (tertiary/aromatic N) is 2. The number of carbonyl (C=O) groups excluding carboxylic acids is 1. The number of carbonyl (C=O) groups is 1. The smallest absolute Gasteiger partial charge is 0.275 e. The minimum absolute atomic E-state index is 0.223. The Balaban J connectivity index is 2.14. The molecule has 2 aromatic rings. The van der Waals surface area contributed by atoms with Gasteiger partial charge in [-0.1, -0.05) is 12.1 Å². The normalized spacial score (nSPS) is 10.6. The molecule has 104 valence electrons. The maximum absolute atomic E-state index is 12.2. The minimum atomic E-state index is -0.223. The van der Waals surface area contributed by atoms with Gasteiger partial charge < -0.3 is 10.2 Å². The molecule has 1 N–H and O–H groups in total. The van der Waals surface area contributed by atoms with Crippen molar-refractivity contribution < 1.29 is 4.79 Å². The highest BCUT2D eigenvalue weighted by Gasteiger charge is 2.11. The Morgan fingerprint density at radius 2 is 2.10 bits per heavy atom. The quantitative estimate of drug-likeness (QED) is 0.934. The van der Waals surface area contributed by atoms with Crippen LogP contribution in [0, 0.1) is 0 Å². The van der Waals surface area contributed by atoms with E-state index in [1.165, 1.54) is 0 Å². The molecule has 2 rings (SSSR count). The lowest BCUT2D eigenvalue weighted by Crippen LogP contribution is -2.15. The highest BCUT2D eigenvalue weighted by atomic mass is 79.9. The van der Waals surface area contributed by atoms with Crippen LogP contribution in [0.5, 0.6) is 0 Å². The van der Waals surface area contributed by atoms with Gasteiger partial charge in [0.15, 0.2) is 0 Å². The lowest BCUT2D eigenvalue weighted by Gasteiger charge is -2.11. The molecule has 1 amide bonds. The van der Waals surface area contributed by atoms with E-state index in [0.717, 1.165) is 17.8 Å². The first kappa shape index (κ1) is 14.7. The van der Waals surface area contributed by atoms with Gasteiger partial charge in [-0.25, -0.2) is 4.98 Å². The summed E-state index contributed by atoms with van der Waals surface area (Å²) in [5.74, 6) is -0.223. The summed E-state index contributed by atoms with van der Waals surface area (Å²) in [6.45, 7) is 0.830. The van der Waals surface area contributed by atoms with E-state index in [1.807, 2.05) is 38.4 Å². The van der Waals surface area contributed by atoms with Crippen molar-refractivity contribution in [3.05, 3.63) is 58.3 Å². The van der Waals surface area contributed by atoms with Gasteiger partial charge in [0.05, 0.1) is 0 Å². The molecular weight excluding hydrogens is 318 g/mol. The van der Waals surface area contributed by atoms with Crippen molar-refractivity contribution in [1.82, 2.24) is 9.88 Å². The first-order valence-corrected chi connectivity index (χ1v) is 7.01. The fourth-order valence-corrected chi connectivity index (χ4v) is 2.29. The molecule has 1 heterocycles. The van der Waals surface area contributed by atoms with Crippen molar-refractivity contribution >= 4 is 27.5 Å². The topological polar surface area (TPSA) is 45.2 Å². The number of nitrogens with one attached hydrogen (secondary N) is 1. The molecule has 0 fully saturated rings. The van der Waals surface area contributed by atoms with Crippen molar-refractivity contribution in [2.75, 3.05) is 19.4 Å². The molecule has 0 aliphatic rings. The highest BCUT2D eigenvalue weighted by molar-refractivity contribution is 9.10. The second-order valence-corrected chi connectivity index (χ2v) is 5.58. The third-order valence-electron chi connectivity index (χ3n) is 2.66. The molecule has 20 heavy (non-hydrogen) atoms.